The maximum absolute atomic E-state index is 13.2. The van der Waals surface area contributed by atoms with Gasteiger partial charge in [-0.25, -0.2) is 0 Å². The molecule has 0 aliphatic rings. The zero-order valence-electron chi connectivity index (χ0n) is 16.9. The number of nitrogens with zero attached hydrogens (tertiary/aromatic N) is 2. The van der Waals surface area contributed by atoms with E-state index in [1.807, 2.05) is 121 Å². The molecule has 0 spiro atoms. The van der Waals surface area contributed by atoms with Crippen molar-refractivity contribution in [3.8, 4) is 0 Å². The number of hydrogen-bond acceptors (Lipinski definition) is 3. The second kappa shape index (κ2) is 9.10. The van der Waals surface area contributed by atoms with Gasteiger partial charge in [0.15, 0.2) is 11.9 Å². The monoisotopic (exact) mass is 392 g/mol. The second-order valence-electron chi connectivity index (χ2n) is 7.07. The number of carbonyl (C=O) groups is 1. The molecule has 0 N–H and O–H groups in total. The number of hydrogen-bond donors (Lipinski definition) is 0. The van der Waals surface area contributed by atoms with Crippen LogP contribution in [0.1, 0.15) is 6.92 Å². The molecule has 4 aromatic rings. The Morgan fingerprint density at radius 2 is 0.733 bits per heavy atom. The van der Waals surface area contributed by atoms with Crippen molar-refractivity contribution in [3.63, 3.8) is 0 Å². The number of Topliss-reactive ketones (excluding diaryl/α,β-unsaturated/α-hetero) is 1. The summed E-state index contributed by atoms with van der Waals surface area (Å²) in [5.41, 5.74) is 3.84. The lowest BCUT2D eigenvalue weighted by Gasteiger charge is -2.41. The Balaban J connectivity index is 1.93. The molecule has 4 rings (SSSR count). The zero-order valence-corrected chi connectivity index (χ0v) is 16.9. The minimum absolute atomic E-state index is 0.0513. The quantitative estimate of drug-likeness (QED) is 0.332. The third kappa shape index (κ3) is 4.11. The van der Waals surface area contributed by atoms with Crippen molar-refractivity contribution in [1.29, 1.82) is 0 Å². The first-order chi connectivity index (χ1) is 14.8. The van der Waals surface area contributed by atoms with Gasteiger partial charge < -0.3 is 9.80 Å². The third-order valence-electron chi connectivity index (χ3n) is 4.99. The fraction of sp³-hybridized carbons (Fsp3) is 0.0741. The van der Waals surface area contributed by atoms with E-state index in [2.05, 4.69) is 9.80 Å². The molecule has 0 saturated carbocycles. The second-order valence-corrected chi connectivity index (χ2v) is 7.07. The molecular weight excluding hydrogens is 368 g/mol. The van der Waals surface area contributed by atoms with Gasteiger partial charge in [0.05, 0.1) is 0 Å². The number of para-hydroxylation sites is 4. The van der Waals surface area contributed by atoms with E-state index in [0.717, 1.165) is 22.7 Å². The lowest BCUT2D eigenvalue weighted by Crippen LogP contribution is -2.49. The van der Waals surface area contributed by atoms with Crippen LogP contribution < -0.4 is 9.80 Å². The van der Waals surface area contributed by atoms with E-state index in [1.165, 1.54) is 0 Å². The number of ketones is 1. The van der Waals surface area contributed by atoms with Crippen LogP contribution in [0, 0.1) is 0 Å². The summed E-state index contributed by atoms with van der Waals surface area (Å²) >= 11 is 0. The molecule has 0 saturated heterocycles. The summed E-state index contributed by atoms with van der Waals surface area (Å²) in [5, 5.41) is 0. The Morgan fingerprint density at radius 3 is 0.933 bits per heavy atom. The molecule has 0 aliphatic heterocycles. The largest absolute Gasteiger partial charge is 0.314 e. The topological polar surface area (TPSA) is 23.6 Å². The lowest BCUT2D eigenvalue weighted by molar-refractivity contribution is -0.118. The molecule has 4 aromatic carbocycles. The Hall–Kier alpha value is -3.85. The molecule has 0 amide bonds. The number of carbonyl (C=O) groups excluding carboxylic acids is 1. The van der Waals surface area contributed by atoms with Gasteiger partial charge in [-0.15, -0.1) is 0 Å². The Labute approximate surface area is 177 Å². The molecule has 0 radical (unpaired) electrons. The van der Waals surface area contributed by atoms with Gasteiger partial charge in [0.2, 0.25) is 0 Å². The van der Waals surface area contributed by atoms with E-state index >= 15 is 0 Å². The lowest BCUT2D eigenvalue weighted by atomic mass is 10.1. The normalized spacial score (nSPS) is 10.6. The third-order valence-corrected chi connectivity index (χ3v) is 4.99. The average molecular weight is 393 g/mol. The van der Waals surface area contributed by atoms with E-state index < -0.39 is 6.17 Å². The predicted octanol–water partition coefficient (Wildman–Crippen LogP) is 6.58. The maximum Gasteiger partial charge on any atom is 0.173 e. The van der Waals surface area contributed by atoms with Crippen molar-refractivity contribution in [2.45, 2.75) is 13.1 Å². The summed E-state index contributed by atoms with van der Waals surface area (Å²) in [6.07, 6.45) is -0.556. The highest BCUT2D eigenvalue weighted by Gasteiger charge is 2.32. The van der Waals surface area contributed by atoms with Crippen molar-refractivity contribution < 1.29 is 4.79 Å². The van der Waals surface area contributed by atoms with Crippen LogP contribution in [0.5, 0.6) is 0 Å². The molecule has 0 atom stereocenters. The van der Waals surface area contributed by atoms with E-state index in [1.54, 1.807) is 6.92 Å². The number of anilines is 4. The summed E-state index contributed by atoms with van der Waals surface area (Å²) in [4.78, 5) is 17.4. The van der Waals surface area contributed by atoms with Crippen LogP contribution >= 0.6 is 0 Å². The first-order valence-corrected chi connectivity index (χ1v) is 10.0. The zero-order chi connectivity index (χ0) is 20.8. The summed E-state index contributed by atoms with van der Waals surface area (Å²) in [5.74, 6) is 0.0513. The highest BCUT2D eigenvalue weighted by molar-refractivity contribution is 5.93. The summed E-state index contributed by atoms with van der Waals surface area (Å²) in [6, 6.07) is 40.2. The van der Waals surface area contributed by atoms with Gasteiger partial charge in [-0.05, 0) is 55.5 Å². The molecule has 0 heterocycles. The summed E-state index contributed by atoms with van der Waals surface area (Å²) in [7, 11) is 0. The van der Waals surface area contributed by atoms with Crippen LogP contribution in [0.25, 0.3) is 0 Å². The number of benzene rings is 4. The van der Waals surface area contributed by atoms with Crippen LogP contribution in [0.3, 0.4) is 0 Å². The van der Waals surface area contributed by atoms with Crippen LogP contribution in [-0.4, -0.2) is 11.9 Å². The van der Waals surface area contributed by atoms with E-state index in [4.69, 9.17) is 0 Å². The fourth-order valence-corrected chi connectivity index (χ4v) is 3.70. The molecule has 148 valence electrons. The molecular formula is C27H24N2O. The number of rotatable bonds is 7. The van der Waals surface area contributed by atoms with Crippen molar-refractivity contribution in [3.05, 3.63) is 121 Å². The molecule has 30 heavy (non-hydrogen) atoms. The van der Waals surface area contributed by atoms with Crippen molar-refractivity contribution >= 4 is 28.5 Å². The van der Waals surface area contributed by atoms with E-state index in [0.29, 0.717) is 0 Å². The molecule has 0 unspecified atom stereocenters. The minimum atomic E-state index is -0.556. The minimum Gasteiger partial charge on any atom is -0.314 e. The summed E-state index contributed by atoms with van der Waals surface area (Å²) < 4.78 is 0. The maximum atomic E-state index is 13.2. The van der Waals surface area contributed by atoms with E-state index in [-0.39, 0.29) is 5.78 Å². The molecule has 3 nitrogen and oxygen atoms in total. The van der Waals surface area contributed by atoms with Crippen LogP contribution in [-0.2, 0) is 4.79 Å². The molecule has 3 heteroatoms. The average Bonchev–Trinajstić information content (AvgIpc) is 2.81. The first-order valence-electron chi connectivity index (χ1n) is 10.0. The van der Waals surface area contributed by atoms with Gasteiger partial charge in [-0.3, -0.25) is 4.79 Å². The van der Waals surface area contributed by atoms with Crippen LogP contribution in [0.15, 0.2) is 121 Å². The van der Waals surface area contributed by atoms with Gasteiger partial charge >= 0.3 is 0 Å². The summed E-state index contributed by atoms with van der Waals surface area (Å²) in [6.45, 7) is 1.66. The molecule has 0 bridgehead atoms. The molecule has 0 aromatic heterocycles. The highest BCUT2D eigenvalue weighted by atomic mass is 16.1. The SMILES string of the molecule is CC(=O)C(N(c1ccccc1)c1ccccc1)N(c1ccccc1)c1ccccc1. The molecule has 0 fully saturated rings. The van der Waals surface area contributed by atoms with Crippen molar-refractivity contribution in [2.75, 3.05) is 9.80 Å². The smallest absolute Gasteiger partial charge is 0.173 e. The molecule has 0 aliphatic carbocycles. The van der Waals surface area contributed by atoms with E-state index in [9.17, 15) is 4.79 Å². The van der Waals surface area contributed by atoms with Gasteiger partial charge in [0.1, 0.15) is 0 Å². The van der Waals surface area contributed by atoms with Crippen molar-refractivity contribution in [2.24, 2.45) is 0 Å². The standard InChI is InChI=1S/C27H24N2O/c1-22(30)27(28(23-14-6-2-7-15-23)24-16-8-3-9-17-24)29(25-18-10-4-11-19-25)26-20-12-5-13-21-26/h2-21,27H,1H3. The fourth-order valence-electron chi connectivity index (χ4n) is 3.70. The Kier molecular flexibility index (Phi) is 5.90. The first kappa shape index (κ1) is 19.5. The predicted molar refractivity (Wildman–Crippen MR) is 125 cm³/mol. The van der Waals surface area contributed by atoms with Gasteiger partial charge in [-0.2, -0.15) is 0 Å². The van der Waals surface area contributed by atoms with Crippen molar-refractivity contribution in [1.82, 2.24) is 0 Å². The van der Waals surface area contributed by atoms with Gasteiger partial charge in [-0.1, -0.05) is 72.8 Å². The van der Waals surface area contributed by atoms with Gasteiger partial charge in [0.25, 0.3) is 0 Å². The van der Waals surface area contributed by atoms with Gasteiger partial charge in [0, 0.05) is 22.7 Å². The van der Waals surface area contributed by atoms with Crippen LogP contribution in [0.2, 0.25) is 0 Å². The van der Waals surface area contributed by atoms with Crippen LogP contribution in [0.4, 0.5) is 22.7 Å². The highest BCUT2D eigenvalue weighted by Crippen LogP contribution is 2.35. The Morgan fingerprint density at radius 1 is 0.500 bits per heavy atom. The Bertz CT molecular complexity index is 905.